The van der Waals surface area contributed by atoms with E-state index in [2.05, 4.69) is 5.10 Å². The first-order valence-corrected chi connectivity index (χ1v) is 11.2. The average Bonchev–Trinajstić information content (AvgIpc) is 3.15. The minimum Gasteiger partial charge on any atom is -0.379 e. The van der Waals surface area contributed by atoms with Gasteiger partial charge >= 0.3 is 0 Å². The van der Waals surface area contributed by atoms with Gasteiger partial charge in [-0.25, -0.2) is 21.6 Å². The molecule has 8 nitrogen and oxygen atoms in total. The van der Waals surface area contributed by atoms with Crippen LogP contribution in [0.5, 0.6) is 0 Å². The van der Waals surface area contributed by atoms with E-state index in [9.17, 15) is 26.4 Å². The highest BCUT2D eigenvalue weighted by Gasteiger charge is 2.36. The second kappa shape index (κ2) is 8.24. The van der Waals surface area contributed by atoms with Crippen LogP contribution >= 0.6 is 0 Å². The third-order valence-corrected chi connectivity index (χ3v) is 7.45. The molecule has 0 N–H and O–H groups in total. The Morgan fingerprint density at radius 3 is 2.48 bits per heavy atom. The number of nitrogens with zero attached hydrogens (tertiary/aromatic N) is 4. The van der Waals surface area contributed by atoms with Crippen molar-refractivity contribution >= 4 is 15.9 Å². The number of morpholine rings is 1. The van der Waals surface area contributed by atoms with E-state index in [0.29, 0.717) is 18.9 Å². The van der Waals surface area contributed by atoms with E-state index < -0.39 is 33.4 Å². The Morgan fingerprint density at radius 1 is 1.19 bits per heavy atom. The van der Waals surface area contributed by atoms with Gasteiger partial charge < -0.3 is 9.64 Å². The van der Waals surface area contributed by atoms with Gasteiger partial charge in [-0.2, -0.15) is 9.40 Å². The van der Waals surface area contributed by atoms with Crippen LogP contribution in [0.4, 0.5) is 13.2 Å². The summed E-state index contributed by atoms with van der Waals surface area (Å²) >= 11 is 0. The van der Waals surface area contributed by atoms with Gasteiger partial charge in [-0.15, -0.1) is 0 Å². The number of hydrogen-bond acceptors (Lipinski definition) is 5. The minimum atomic E-state index is -3.81. The summed E-state index contributed by atoms with van der Waals surface area (Å²) < 4.78 is 74.4. The largest absolute Gasteiger partial charge is 0.379 e. The number of rotatable bonds is 4. The molecule has 1 saturated heterocycles. The third kappa shape index (κ3) is 4.06. The summed E-state index contributed by atoms with van der Waals surface area (Å²) in [5, 5.41) is 4.18. The Kier molecular flexibility index (Phi) is 5.79. The molecule has 0 spiro atoms. The Morgan fingerprint density at radius 2 is 1.84 bits per heavy atom. The minimum absolute atomic E-state index is 0.00570. The van der Waals surface area contributed by atoms with E-state index in [0.717, 1.165) is 12.1 Å². The Bertz CT molecular complexity index is 1090. The molecular weight excluding hydrogens is 437 g/mol. The summed E-state index contributed by atoms with van der Waals surface area (Å²) in [4.78, 5) is 14.3. The fourth-order valence-corrected chi connectivity index (χ4v) is 5.39. The predicted octanol–water partition coefficient (Wildman–Crippen LogP) is 1.29. The first kappa shape index (κ1) is 21.8. The molecule has 0 bridgehead atoms. The lowest BCUT2D eigenvalue weighted by Crippen LogP contribution is -2.46. The van der Waals surface area contributed by atoms with Gasteiger partial charge in [-0.3, -0.25) is 9.48 Å². The lowest BCUT2D eigenvalue weighted by molar-refractivity contribution is -0.134. The maximum absolute atomic E-state index is 13.5. The molecule has 0 unspecified atom stereocenters. The van der Waals surface area contributed by atoms with Crippen LogP contribution < -0.4 is 0 Å². The van der Waals surface area contributed by atoms with Gasteiger partial charge in [-0.05, 0) is 24.6 Å². The van der Waals surface area contributed by atoms with Crippen molar-refractivity contribution in [2.75, 3.05) is 26.3 Å². The number of sulfonamides is 1. The molecular formula is C19H21F3N4O4S. The van der Waals surface area contributed by atoms with E-state index in [-0.39, 0.29) is 49.1 Å². The Balaban J connectivity index is 1.58. The summed E-state index contributed by atoms with van der Waals surface area (Å²) in [5.41, 5.74) is 0.364. The van der Waals surface area contributed by atoms with Crippen LogP contribution in [0.15, 0.2) is 23.2 Å². The first-order valence-electron chi connectivity index (χ1n) is 9.74. The standard InChI is InChI=1S/C19H21F3N4O4S/c1-12-10-26-16(17(9-23-26)31(28,29)24-2-4-30-5-3-24)11-25(12)18(27)8-13-6-14(20)19(22)15(21)7-13/h6-7,9,12H,2-5,8,10-11H2,1H3/t12-/m0/s1. The summed E-state index contributed by atoms with van der Waals surface area (Å²) in [7, 11) is -3.81. The topological polar surface area (TPSA) is 84.7 Å². The number of carbonyl (C=O) groups is 1. The Labute approximate surface area is 177 Å². The highest BCUT2D eigenvalue weighted by molar-refractivity contribution is 7.89. The zero-order chi connectivity index (χ0) is 22.3. The van der Waals surface area contributed by atoms with E-state index in [1.165, 1.54) is 15.4 Å². The maximum atomic E-state index is 13.5. The number of halogens is 3. The van der Waals surface area contributed by atoms with E-state index in [4.69, 9.17) is 4.74 Å². The van der Waals surface area contributed by atoms with E-state index in [1.807, 2.05) is 0 Å². The number of hydrogen-bond donors (Lipinski definition) is 0. The normalized spacial score (nSPS) is 20.0. The van der Waals surface area contributed by atoms with Crippen molar-refractivity contribution in [2.45, 2.75) is 37.4 Å². The average molecular weight is 458 g/mol. The molecule has 2 aromatic rings. The number of aromatic nitrogens is 2. The second-order valence-electron chi connectivity index (χ2n) is 7.57. The van der Waals surface area contributed by atoms with Crippen molar-refractivity contribution in [3.05, 3.63) is 47.0 Å². The fourth-order valence-electron chi connectivity index (χ4n) is 3.84. The van der Waals surface area contributed by atoms with Crippen molar-refractivity contribution in [3.8, 4) is 0 Å². The number of ether oxygens (including phenoxy) is 1. The summed E-state index contributed by atoms with van der Waals surface area (Å²) in [6, 6.07) is 1.24. The fraction of sp³-hybridized carbons (Fsp3) is 0.474. The molecule has 2 aliphatic rings. The molecule has 12 heteroatoms. The molecule has 1 aromatic heterocycles. The van der Waals surface area contributed by atoms with Crippen LogP contribution in [0.2, 0.25) is 0 Å². The van der Waals surface area contributed by atoms with Crippen molar-refractivity contribution in [3.63, 3.8) is 0 Å². The highest BCUT2D eigenvalue weighted by Crippen LogP contribution is 2.27. The first-order chi connectivity index (χ1) is 14.7. The molecule has 2 aliphatic heterocycles. The molecule has 4 rings (SSSR count). The van der Waals surface area contributed by atoms with Crippen molar-refractivity contribution in [1.29, 1.82) is 0 Å². The van der Waals surface area contributed by atoms with Gasteiger partial charge in [0.05, 0.1) is 44.6 Å². The predicted molar refractivity (Wildman–Crippen MR) is 102 cm³/mol. The monoisotopic (exact) mass is 458 g/mol. The summed E-state index contributed by atoms with van der Waals surface area (Å²) in [6.07, 6.45) is 0.934. The second-order valence-corrected chi connectivity index (χ2v) is 9.48. The number of fused-ring (bicyclic) bond motifs is 1. The summed E-state index contributed by atoms with van der Waals surface area (Å²) in [6.45, 7) is 3.08. The van der Waals surface area contributed by atoms with Crippen LogP contribution in [-0.4, -0.2) is 65.7 Å². The van der Waals surface area contributed by atoms with Crippen LogP contribution in [0.25, 0.3) is 0 Å². The van der Waals surface area contributed by atoms with Crippen molar-refractivity contribution in [1.82, 2.24) is 19.0 Å². The number of carbonyl (C=O) groups excluding carboxylic acids is 1. The van der Waals surface area contributed by atoms with Gasteiger partial charge in [0.15, 0.2) is 17.5 Å². The van der Waals surface area contributed by atoms with Crippen LogP contribution in [-0.2, 0) is 39.1 Å². The zero-order valence-electron chi connectivity index (χ0n) is 16.7. The quantitative estimate of drug-likeness (QED) is 0.645. The molecule has 1 fully saturated rings. The van der Waals surface area contributed by atoms with E-state index >= 15 is 0 Å². The molecule has 0 radical (unpaired) electrons. The van der Waals surface area contributed by atoms with Crippen molar-refractivity contribution in [2.24, 2.45) is 0 Å². The number of benzene rings is 1. The lowest BCUT2D eigenvalue weighted by atomic mass is 10.1. The molecule has 0 aliphatic carbocycles. The van der Waals surface area contributed by atoms with Crippen LogP contribution in [0.3, 0.4) is 0 Å². The summed E-state index contributed by atoms with van der Waals surface area (Å²) in [5.74, 6) is -4.79. The zero-order valence-corrected chi connectivity index (χ0v) is 17.5. The number of amides is 1. The SMILES string of the molecule is C[C@H]1Cn2ncc(S(=O)(=O)N3CCOCC3)c2CN1C(=O)Cc1cc(F)c(F)c(F)c1. The van der Waals surface area contributed by atoms with Crippen LogP contribution in [0.1, 0.15) is 18.2 Å². The van der Waals surface area contributed by atoms with Crippen molar-refractivity contribution < 1.29 is 31.1 Å². The van der Waals surface area contributed by atoms with Gasteiger partial charge in [0.1, 0.15) is 4.90 Å². The maximum Gasteiger partial charge on any atom is 0.246 e. The molecule has 3 heterocycles. The van der Waals surface area contributed by atoms with Gasteiger partial charge in [-0.1, -0.05) is 0 Å². The molecule has 168 valence electrons. The lowest BCUT2D eigenvalue weighted by Gasteiger charge is -2.35. The smallest absolute Gasteiger partial charge is 0.246 e. The van der Waals surface area contributed by atoms with Gasteiger partial charge in [0, 0.05) is 19.1 Å². The molecule has 1 amide bonds. The molecule has 31 heavy (non-hydrogen) atoms. The molecule has 0 saturated carbocycles. The molecule has 1 aromatic carbocycles. The van der Waals surface area contributed by atoms with Gasteiger partial charge in [0.2, 0.25) is 15.9 Å². The third-order valence-electron chi connectivity index (χ3n) is 5.51. The van der Waals surface area contributed by atoms with Gasteiger partial charge in [0.25, 0.3) is 0 Å². The molecule has 1 atom stereocenters. The Hall–Kier alpha value is -2.44. The highest BCUT2D eigenvalue weighted by atomic mass is 32.2. The van der Waals surface area contributed by atoms with Crippen LogP contribution in [0, 0.1) is 17.5 Å². The van der Waals surface area contributed by atoms with E-state index in [1.54, 1.807) is 11.6 Å².